The molecule has 0 atom stereocenters. The minimum Gasteiger partial charge on any atom is -0.497 e. The number of anilines is 4. The van der Waals surface area contributed by atoms with Gasteiger partial charge in [-0.15, -0.1) is 12.4 Å². The number of rotatable bonds is 10. The number of hydrogen-bond acceptors (Lipinski definition) is 9. The summed E-state index contributed by atoms with van der Waals surface area (Å²) >= 11 is 0. The molecule has 0 amide bonds. The summed E-state index contributed by atoms with van der Waals surface area (Å²) in [4.78, 5) is 13.6. The molecule has 5 aromatic rings. The molecule has 13 heteroatoms. The lowest BCUT2D eigenvalue weighted by molar-refractivity contribution is 0.414. The molecule has 2 heterocycles. The third kappa shape index (κ3) is 7.04. The lowest BCUT2D eigenvalue weighted by Gasteiger charge is -2.10. The van der Waals surface area contributed by atoms with Gasteiger partial charge in [-0.3, -0.25) is 0 Å². The van der Waals surface area contributed by atoms with Gasteiger partial charge in [0.2, 0.25) is 21.9 Å². The molecule has 5 N–H and O–H groups in total. The average molecular weight is 595 g/mol. The Hall–Kier alpha value is -4.39. The van der Waals surface area contributed by atoms with Crippen LogP contribution >= 0.6 is 12.4 Å². The van der Waals surface area contributed by atoms with Crippen molar-refractivity contribution in [2.75, 3.05) is 23.1 Å². The molecule has 3 aromatic carbocycles. The van der Waals surface area contributed by atoms with Crippen LogP contribution in [0.25, 0.3) is 11.0 Å². The van der Waals surface area contributed by atoms with Crippen LogP contribution in [0.5, 0.6) is 5.75 Å². The Bertz CT molecular complexity index is 1780. The minimum atomic E-state index is -3.84. The second-order valence-electron chi connectivity index (χ2n) is 9.29. The number of hydrogen-bond donors (Lipinski definition) is 4. The largest absolute Gasteiger partial charge is 0.497 e. The molecule has 0 bridgehead atoms. The molecule has 0 aliphatic carbocycles. The lowest BCUT2D eigenvalue weighted by Crippen LogP contribution is -2.14. The van der Waals surface area contributed by atoms with Crippen molar-refractivity contribution < 1.29 is 13.2 Å². The van der Waals surface area contributed by atoms with E-state index in [1.807, 2.05) is 54.1 Å². The number of sulfonamides is 1. The molecule has 0 spiro atoms. The molecular weight excluding hydrogens is 564 g/mol. The molecular formula is C28H31ClN8O3S. The normalized spacial score (nSPS) is 11.1. The molecule has 11 nitrogen and oxygen atoms in total. The number of methoxy groups -OCH3 is 1. The first-order chi connectivity index (χ1) is 19.2. The number of nitrogens with one attached hydrogen (secondary N) is 3. The summed E-state index contributed by atoms with van der Waals surface area (Å²) in [5, 5.41) is 15.1. The molecule has 0 unspecified atom stereocenters. The summed E-state index contributed by atoms with van der Waals surface area (Å²) in [5.41, 5.74) is 5.15. The van der Waals surface area contributed by atoms with Gasteiger partial charge in [-0.2, -0.15) is 4.98 Å². The molecule has 2 aromatic heterocycles. The van der Waals surface area contributed by atoms with E-state index in [1.165, 1.54) is 6.07 Å². The van der Waals surface area contributed by atoms with E-state index in [9.17, 15) is 8.42 Å². The van der Waals surface area contributed by atoms with Gasteiger partial charge >= 0.3 is 0 Å². The minimum absolute atomic E-state index is 0. The Morgan fingerprint density at radius 2 is 1.66 bits per heavy atom. The van der Waals surface area contributed by atoms with Crippen LogP contribution in [0.15, 0.2) is 77.8 Å². The van der Waals surface area contributed by atoms with Gasteiger partial charge in [-0.05, 0) is 66.1 Å². The van der Waals surface area contributed by atoms with E-state index < -0.39 is 10.0 Å². The van der Waals surface area contributed by atoms with Crippen molar-refractivity contribution in [3.05, 3.63) is 89.6 Å². The quantitative estimate of drug-likeness (QED) is 0.180. The number of aryl methyl sites for hydroxylation is 2. The summed E-state index contributed by atoms with van der Waals surface area (Å²) in [6.45, 7) is 2.86. The number of halogens is 1. The third-order valence-corrected chi connectivity index (χ3v) is 7.49. The number of benzene rings is 3. The highest BCUT2D eigenvalue weighted by Gasteiger charge is 2.13. The molecule has 0 aliphatic rings. The van der Waals surface area contributed by atoms with Gasteiger partial charge in [0.05, 0.1) is 23.0 Å². The number of nitrogens with two attached hydrogens (primary N) is 1. The molecule has 0 aliphatic heterocycles. The third-order valence-electron chi connectivity index (χ3n) is 6.43. The first-order valence-electron chi connectivity index (χ1n) is 12.5. The van der Waals surface area contributed by atoms with Gasteiger partial charge in [-0.25, -0.2) is 23.5 Å². The lowest BCUT2D eigenvalue weighted by atomic mass is 10.2. The number of primary sulfonamides is 1. The fraction of sp³-hybridized carbons (Fsp3) is 0.179. The van der Waals surface area contributed by atoms with Crippen molar-refractivity contribution in [1.29, 1.82) is 0 Å². The van der Waals surface area contributed by atoms with Crippen molar-refractivity contribution >= 4 is 56.9 Å². The van der Waals surface area contributed by atoms with Gasteiger partial charge in [0.25, 0.3) is 0 Å². The predicted molar refractivity (Wildman–Crippen MR) is 163 cm³/mol. The monoisotopic (exact) mass is 594 g/mol. The van der Waals surface area contributed by atoms with Crippen LogP contribution in [0, 0.1) is 6.92 Å². The smallest absolute Gasteiger partial charge is 0.238 e. The molecule has 0 saturated carbocycles. The predicted octanol–water partition coefficient (Wildman–Crippen LogP) is 4.72. The molecule has 41 heavy (non-hydrogen) atoms. The summed E-state index contributed by atoms with van der Waals surface area (Å²) < 4.78 is 30.9. The Kier molecular flexibility index (Phi) is 8.96. The van der Waals surface area contributed by atoms with Gasteiger partial charge in [0.1, 0.15) is 11.6 Å². The maximum Gasteiger partial charge on any atom is 0.238 e. The van der Waals surface area contributed by atoms with E-state index in [-0.39, 0.29) is 17.3 Å². The van der Waals surface area contributed by atoms with Crippen molar-refractivity contribution in [2.24, 2.45) is 12.2 Å². The number of aromatic nitrogens is 4. The maximum atomic E-state index is 11.8. The second-order valence-corrected chi connectivity index (χ2v) is 10.8. The standard InChI is InChI=1S/C28H30N8O3S.ClH/c1-18-4-8-21(15-25(18)40(29,37)38)33-27-30-13-12-26(35-27)31-17-20-7-11-24-23(14-20)34-28(36(24)2)32-16-19-5-9-22(39-3)10-6-19;/h4-15H,16-17H2,1-3H3,(H,32,34)(H2,29,37,38)(H2,30,31,33,35);1H. The van der Waals surface area contributed by atoms with Gasteiger partial charge < -0.3 is 25.3 Å². The summed E-state index contributed by atoms with van der Waals surface area (Å²) in [6.07, 6.45) is 1.62. The highest BCUT2D eigenvalue weighted by atomic mass is 35.5. The zero-order valence-corrected chi connectivity index (χ0v) is 24.4. The first kappa shape index (κ1) is 29.6. The van der Waals surface area contributed by atoms with Crippen LogP contribution in [0.4, 0.5) is 23.4 Å². The molecule has 0 saturated heterocycles. The zero-order chi connectivity index (χ0) is 28.3. The van der Waals surface area contributed by atoms with Gasteiger partial charge in [0.15, 0.2) is 0 Å². The van der Waals surface area contributed by atoms with Crippen LogP contribution in [-0.2, 0) is 30.2 Å². The topological polar surface area (TPSA) is 149 Å². The summed E-state index contributed by atoms with van der Waals surface area (Å²) in [6, 6.07) is 20.7. The van der Waals surface area contributed by atoms with Gasteiger partial charge in [-0.1, -0.05) is 24.3 Å². The fourth-order valence-electron chi connectivity index (χ4n) is 4.26. The average Bonchev–Trinajstić information content (AvgIpc) is 3.26. The number of fused-ring (bicyclic) bond motifs is 1. The van der Waals surface area contributed by atoms with Gasteiger partial charge in [0, 0.05) is 32.0 Å². The van der Waals surface area contributed by atoms with E-state index >= 15 is 0 Å². The number of imidazole rings is 1. The van der Waals surface area contributed by atoms with Crippen LogP contribution in [-0.4, -0.2) is 35.0 Å². The highest BCUT2D eigenvalue weighted by Crippen LogP contribution is 2.23. The first-order valence-corrected chi connectivity index (χ1v) is 14.0. The van der Waals surface area contributed by atoms with E-state index in [2.05, 4.69) is 25.9 Å². The Morgan fingerprint density at radius 3 is 2.39 bits per heavy atom. The maximum absolute atomic E-state index is 11.8. The van der Waals surface area contributed by atoms with E-state index in [0.717, 1.165) is 33.9 Å². The van der Waals surface area contributed by atoms with Crippen LogP contribution in [0.3, 0.4) is 0 Å². The van der Waals surface area contributed by atoms with E-state index in [4.69, 9.17) is 14.9 Å². The molecule has 5 rings (SSSR count). The van der Waals surface area contributed by atoms with Crippen LogP contribution in [0.1, 0.15) is 16.7 Å². The van der Waals surface area contributed by atoms with Crippen molar-refractivity contribution in [2.45, 2.75) is 24.9 Å². The molecule has 214 valence electrons. The number of ether oxygens (including phenoxy) is 1. The number of nitrogens with zero attached hydrogens (tertiary/aromatic N) is 4. The van der Waals surface area contributed by atoms with Crippen molar-refractivity contribution in [1.82, 2.24) is 19.5 Å². The highest BCUT2D eigenvalue weighted by molar-refractivity contribution is 7.89. The van der Waals surface area contributed by atoms with E-state index in [0.29, 0.717) is 36.1 Å². The second kappa shape index (κ2) is 12.4. The van der Waals surface area contributed by atoms with E-state index in [1.54, 1.807) is 38.4 Å². The van der Waals surface area contributed by atoms with Crippen molar-refractivity contribution in [3.8, 4) is 5.75 Å². The Morgan fingerprint density at radius 1 is 0.927 bits per heavy atom. The summed E-state index contributed by atoms with van der Waals surface area (Å²) in [5.74, 6) is 2.54. The van der Waals surface area contributed by atoms with Crippen LogP contribution < -0.4 is 25.8 Å². The molecule has 0 fully saturated rings. The van der Waals surface area contributed by atoms with Crippen molar-refractivity contribution in [3.63, 3.8) is 0 Å². The van der Waals surface area contributed by atoms with Crippen LogP contribution in [0.2, 0.25) is 0 Å². The fourth-order valence-corrected chi connectivity index (χ4v) is 5.07. The Labute approximate surface area is 244 Å². The summed E-state index contributed by atoms with van der Waals surface area (Å²) in [7, 11) is -0.200. The Balaban J connectivity index is 0.00000387. The zero-order valence-electron chi connectivity index (χ0n) is 22.7. The molecule has 0 radical (unpaired) electrons. The SMILES string of the molecule is COc1ccc(CNc2nc3cc(CNc4ccnc(Nc5ccc(C)c(S(N)(=O)=O)c5)n4)ccc3n2C)cc1.Cl.